The molecule has 0 unspecified atom stereocenters. The summed E-state index contributed by atoms with van der Waals surface area (Å²) in [5.74, 6) is -0.642. The first-order valence-corrected chi connectivity index (χ1v) is 8.50. The third kappa shape index (κ3) is 3.64. The molecule has 1 amide bonds. The Balaban J connectivity index is 2.35. The van der Waals surface area contributed by atoms with Crippen LogP contribution in [-0.2, 0) is 9.84 Å². The SMILES string of the molecule is CCS(=O)(=O)c1ncc(Br)c(C(=O)Nc2ccccc2)n1. The number of benzene rings is 1. The monoisotopic (exact) mass is 369 g/mol. The number of nitrogens with zero attached hydrogens (tertiary/aromatic N) is 2. The van der Waals surface area contributed by atoms with Gasteiger partial charge in [-0.15, -0.1) is 0 Å². The summed E-state index contributed by atoms with van der Waals surface area (Å²) >= 11 is 3.15. The van der Waals surface area contributed by atoms with Gasteiger partial charge < -0.3 is 5.32 Å². The second-order valence-electron chi connectivity index (χ2n) is 4.07. The lowest BCUT2D eigenvalue weighted by Crippen LogP contribution is -2.18. The Morgan fingerprint density at radius 3 is 2.57 bits per heavy atom. The Morgan fingerprint density at radius 2 is 1.95 bits per heavy atom. The maximum absolute atomic E-state index is 12.2. The lowest BCUT2D eigenvalue weighted by Gasteiger charge is -2.07. The van der Waals surface area contributed by atoms with Crippen LogP contribution in [-0.4, -0.2) is 30.0 Å². The highest BCUT2D eigenvalue weighted by Gasteiger charge is 2.20. The topological polar surface area (TPSA) is 89.0 Å². The number of amides is 1. The van der Waals surface area contributed by atoms with Gasteiger partial charge in [-0.25, -0.2) is 18.4 Å². The number of halogens is 1. The Morgan fingerprint density at radius 1 is 1.29 bits per heavy atom. The number of carbonyl (C=O) groups excluding carboxylic acids is 1. The highest BCUT2D eigenvalue weighted by Crippen LogP contribution is 2.17. The van der Waals surface area contributed by atoms with Crippen LogP contribution >= 0.6 is 15.9 Å². The van der Waals surface area contributed by atoms with E-state index in [0.29, 0.717) is 10.2 Å². The lowest BCUT2D eigenvalue weighted by atomic mass is 10.3. The van der Waals surface area contributed by atoms with Crippen LogP contribution in [0.2, 0.25) is 0 Å². The number of nitrogens with one attached hydrogen (secondary N) is 1. The number of anilines is 1. The van der Waals surface area contributed by atoms with E-state index in [2.05, 4.69) is 31.2 Å². The quantitative estimate of drug-likeness (QED) is 0.835. The van der Waals surface area contributed by atoms with Gasteiger partial charge in [-0.05, 0) is 28.1 Å². The van der Waals surface area contributed by atoms with E-state index in [4.69, 9.17) is 0 Å². The van der Waals surface area contributed by atoms with Gasteiger partial charge in [0.15, 0.2) is 0 Å². The minimum Gasteiger partial charge on any atom is -0.321 e. The van der Waals surface area contributed by atoms with Crippen molar-refractivity contribution in [3.8, 4) is 0 Å². The molecule has 0 saturated heterocycles. The number of sulfone groups is 1. The Kier molecular flexibility index (Phi) is 4.69. The van der Waals surface area contributed by atoms with E-state index in [9.17, 15) is 13.2 Å². The van der Waals surface area contributed by atoms with Gasteiger partial charge in [0.2, 0.25) is 15.0 Å². The zero-order chi connectivity index (χ0) is 15.5. The van der Waals surface area contributed by atoms with Crippen LogP contribution < -0.4 is 5.32 Å². The number of para-hydroxylation sites is 1. The largest absolute Gasteiger partial charge is 0.321 e. The summed E-state index contributed by atoms with van der Waals surface area (Å²) in [4.78, 5) is 19.8. The maximum atomic E-state index is 12.2. The molecular weight excluding hydrogens is 358 g/mol. The second-order valence-corrected chi connectivity index (χ2v) is 7.10. The zero-order valence-electron chi connectivity index (χ0n) is 11.1. The summed E-state index contributed by atoms with van der Waals surface area (Å²) in [6.07, 6.45) is 1.26. The molecule has 0 aliphatic carbocycles. The molecule has 1 aromatic heterocycles. The first-order valence-electron chi connectivity index (χ1n) is 6.05. The molecule has 110 valence electrons. The van der Waals surface area contributed by atoms with Crippen molar-refractivity contribution in [3.63, 3.8) is 0 Å². The van der Waals surface area contributed by atoms with Crippen molar-refractivity contribution in [1.29, 1.82) is 0 Å². The Hall–Kier alpha value is -1.80. The van der Waals surface area contributed by atoms with E-state index < -0.39 is 15.7 Å². The molecule has 1 heterocycles. The Labute approximate surface area is 130 Å². The van der Waals surface area contributed by atoms with E-state index >= 15 is 0 Å². The molecule has 0 fully saturated rings. The zero-order valence-corrected chi connectivity index (χ0v) is 13.5. The fourth-order valence-electron chi connectivity index (χ4n) is 1.50. The molecule has 21 heavy (non-hydrogen) atoms. The van der Waals surface area contributed by atoms with Crippen molar-refractivity contribution in [1.82, 2.24) is 9.97 Å². The average Bonchev–Trinajstić information content (AvgIpc) is 2.48. The summed E-state index contributed by atoms with van der Waals surface area (Å²) in [5.41, 5.74) is 0.564. The first-order chi connectivity index (χ1) is 9.94. The van der Waals surface area contributed by atoms with Crippen molar-refractivity contribution in [2.24, 2.45) is 0 Å². The first kappa shape index (κ1) is 15.6. The highest BCUT2D eigenvalue weighted by atomic mass is 79.9. The van der Waals surface area contributed by atoms with Gasteiger partial charge >= 0.3 is 0 Å². The van der Waals surface area contributed by atoms with Gasteiger partial charge in [0.25, 0.3) is 5.91 Å². The predicted octanol–water partition coefficient (Wildman–Crippen LogP) is 2.29. The lowest BCUT2D eigenvalue weighted by molar-refractivity contribution is 0.102. The fourth-order valence-corrected chi connectivity index (χ4v) is 2.57. The molecule has 6 nitrogen and oxygen atoms in total. The normalized spacial score (nSPS) is 11.1. The number of carbonyl (C=O) groups is 1. The molecule has 1 aromatic carbocycles. The standard InChI is InChI=1S/C13H12BrN3O3S/c1-2-21(19,20)13-15-8-10(14)11(17-13)12(18)16-9-6-4-3-5-7-9/h3-8H,2H2,1H3,(H,16,18). The summed E-state index contributed by atoms with van der Waals surface area (Å²) in [7, 11) is -3.57. The summed E-state index contributed by atoms with van der Waals surface area (Å²) in [6, 6.07) is 8.81. The van der Waals surface area contributed by atoms with Gasteiger partial charge in [0, 0.05) is 11.9 Å². The molecular formula is C13H12BrN3O3S. The molecule has 0 aliphatic rings. The van der Waals surface area contributed by atoms with Crippen molar-refractivity contribution >= 4 is 37.4 Å². The number of rotatable bonds is 4. The van der Waals surface area contributed by atoms with Crippen LogP contribution in [0.15, 0.2) is 46.2 Å². The molecule has 1 N–H and O–H groups in total. The van der Waals surface area contributed by atoms with Crippen LogP contribution in [0.1, 0.15) is 17.4 Å². The fraction of sp³-hybridized carbons (Fsp3) is 0.154. The predicted molar refractivity (Wildman–Crippen MR) is 81.9 cm³/mol. The van der Waals surface area contributed by atoms with Crippen LogP contribution in [0, 0.1) is 0 Å². The smallest absolute Gasteiger partial charge is 0.275 e. The van der Waals surface area contributed by atoms with E-state index in [1.165, 1.54) is 13.1 Å². The van der Waals surface area contributed by atoms with Crippen molar-refractivity contribution < 1.29 is 13.2 Å². The highest BCUT2D eigenvalue weighted by molar-refractivity contribution is 9.10. The minimum absolute atomic E-state index is 0.0270. The molecule has 8 heteroatoms. The van der Waals surface area contributed by atoms with Crippen LogP contribution in [0.4, 0.5) is 5.69 Å². The van der Waals surface area contributed by atoms with E-state index in [0.717, 1.165) is 0 Å². The summed E-state index contributed by atoms with van der Waals surface area (Å²) < 4.78 is 23.9. The molecule has 0 atom stereocenters. The average molecular weight is 370 g/mol. The van der Waals surface area contributed by atoms with Crippen molar-refractivity contribution in [2.75, 3.05) is 11.1 Å². The van der Waals surface area contributed by atoms with Crippen LogP contribution in [0.5, 0.6) is 0 Å². The van der Waals surface area contributed by atoms with Gasteiger partial charge in [-0.3, -0.25) is 4.79 Å². The molecule has 0 radical (unpaired) electrons. The van der Waals surface area contributed by atoms with Gasteiger partial charge in [0.05, 0.1) is 10.2 Å². The Bertz CT molecular complexity index is 763. The minimum atomic E-state index is -3.57. The van der Waals surface area contributed by atoms with E-state index in [-0.39, 0.29) is 16.6 Å². The van der Waals surface area contributed by atoms with E-state index in [1.54, 1.807) is 24.3 Å². The number of hydrogen-bond acceptors (Lipinski definition) is 5. The van der Waals surface area contributed by atoms with Gasteiger partial charge in [-0.2, -0.15) is 0 Å². The molecule has 0 aliphatic heterocycles. The van der Waals surface area contributed by atoms with Crippen LogP contribution in [0.3, 0.4) is 0 Å². The third-order valence-corrected chi connectivity index (χ3v) is 4.72. The summed E-state index contributed by atoms with van der Waals surface area (Å²) in [5, 5.41) is 2.29. The molecule has 2 aromatic rings. The number of hydrogen-bond donors (Lipinski definition) is 1. The molecule has 0 spiro atoms. The van der Waals surface area contributed by atoms with Gasteiger partial charge in [-0.1, -0.05) is 25.1 Å². The number of aromatic nitrogens is 2. The van der Waals surface area contributed by atoms with E-state index in [1.807, 2.05) is 6.07 Å². The molecule has 2 rings (SSSR count). The summed E-state index contributed by atoms with van der Waals surface area (Å²) in [6.45, 7) is 1.49. The van der Waals surface area contributed by atoms with Gasteiger partial charge in [0.1, 0.15) is 5.69 Å². The van der Waals surface area contributed by atoms with Crippen molar-refractivity contribution in [3.05, 3.63) is 46.7 Å². The third-order valence-electron chi connectivity index (χ3n) is 2.63. The maximum Gasteiger partial charge on any atom is 0.275 e. The molecule has 0 bridgehead atoms. The second kappa shape index (κ2) is 6.31. The van der Waals surface area contributed by atoms with Crippen molar-refractivity contribution in [2.45, 2.75) is 12.1 Å². The molecule has 0 saturated carbocycles. The van der Waals surface area contributed by atoms with Crippen LogP contribution in [0.25, 0.3) is 0 Å².